The number of aliphatic carboxylic acids is 1. The standard InChI is InChI=1S/C21H18FNO6/c1-29-13-8-6-12(7-9-13)19(26)17-18(14-4-2-3-5-15(14)22)23(11-10-16(24)25)21(28)20(17)27/h2-9,18,26H,10-11H2,1H3,(H,24,25)/p-1/t18-/m0/s1. The van der Waals surface area contributed by atoms with Crippen LogP contribution < -0.4 is 9.84 Å². The molecule has 1 amide bonds. The number of carboxylic acids is 1. The van der Waals surface area contributed by atoms with Gasteiger partial charge in [0.05, 0.1) is 18.7 Å². The number of ketones is 1. The Balaban J connectivity index is 2.16. The Morgan fingerprint density at radius 1 is 1.17 bits per heavy atom. The topological polar surface area (TPSA) is 107 Å². The minimum Gasteiger partial charge on any atom is -0.550 e. The predicted octanol–water partition coefficient (Wildman–Crippen LogP) is 1.40. The van der Waals surface area contributed by atoms with Gasteiger partial charge in [0.1, 0.15) is 17.3 Å². The molecular formula is C21H17FNO6-. The normalized spacial score (nSPS) is 18.1. The molecule has 0 radical (unpaired) electrons. The molecule has 8 heteroatoms. The summed E-state index contributed by atoms with van der Waals surface area (Å²) in [4.78, 5) is 37.0. The van der Waals surface area contributed by atoms with Crippen LogP contribution >= 0.6 is 0 Å². The molecule has 1 atom stereocenters. The molecule has 7 nitrogen and oxygen atoms in total. The zero-order valence-electron chi connectivity index (χ0n) is 15.4. The van der Waals surface area contributed by atoms with E-state index in [0.717, 1.165) is 11.0 Å². The second kappa shape index (κ2) is 8.14. The third kappa shape index (κ3) is 3.82. The molecule has 150 valence electrons. The highest BCUT2D eigenvalue weighted by atomic mass is 19.1. The molecule has 1 aliphatic heterocycles. The first-order valence-corrected chi connectivity index (χ1v) is 8.72. The van der Waals surface area contributed by atoms with Crippen molar-refractivity contribution < 1.29 is 33.7 Å². The van der Waals surface area contributed by atoms with Crippen LogP contribution in [-0.2, 0) is 14.4 Å². The predicted molar refractivity (Wildman–Crippen MR) is 98.0 cm³/mol. The van der Waals surface area contributed by atoms with E-state index in [1.54, 1.807) is 12.1 Å². The first kappa shape index (κ1) is 20.1. The average molecular weight is 398 g/mol. The van der Waals surface area contributed by atoms with E-state index in [2.05, 4.69) is 0 Å². The van der Waals surface area contributed by atoms with Crippen LogP contribution in [0, 0.1) is 5.82 Å². The van der Waals surface area contributed by atoms with Crippen LogP contribution in [-0.4, -0.2) is 41.3 Å². The number of hydrogen-bond donors (Lipinski definition) is 1. The van der Waals surface area contributed by atoms with Crippen LogP contribution in [0.25, 0.3) is 5.76 Å². The Hall–Kier alpha value is -3.68. The van der Waals surface area contributed by atoms with Crippen LogP contribution in [0.1, 0.15) is 23.6 Å². The van der Waals surface area contributed by atoms with Gasteiger partial charge in [-0.1, -0.05) is 18.2 Å². The fourth-order valence-electron chi connectivity index (χ4n) is 3.25. The lowest BCUT2D eigenvalue weighted by atomic mass is 9.95. The fourth-order valence-corrected chi connectivity index (χ4v) is 3.25. The lowest BCUT2D eigenvalue weighted by Gasteiger charge is -2.25. The number of hydrogen-bond acceptors (Lipinski definition) is 6. The number of carbonyl (C=O) groups is 3. The van der Waals surface area contributed by atoms with Crippen molar-refractivity contribution in [1.29, 1.82) is 0 Å². The number of halogens is 1. The molecule has 0 aromatic heterocycles. The van der Waals surface area contributed by atoms with E-state index in [4.69, 9.17) is 4.74 Å². The van der Waals surface area contributed by atoms with Crippen molar-refractivity contribution in [1.82, 2.24) is 4.90 Å². The number of benzene rings is 2. The summed E-state index contributed by atoms with van der Waals surface area (Å²) in [6.07, 6.45) is -0.541. The minimum absolute atomic E-state index is 0.0277. The van der Waals surface area contributed by atoms with Gasteiger partial charge in [-0.2, -0.15) is 0 Å². The second-order valence-electron chi connectivity index (χ2n) is 6.36. The number of rotatable bonds is 6. The Kier molecular flexibility index (Phi) is 5.63. The molecule has 3 rings (SSSR count). The number of likely N-dealkylation sites (tertiary alicyclic amines) is 1. The number of amides is 1. The van der Waals surface area contributed by atoms with Crippen LogP contribution in [0.4, 0.5) is 4.39 Å². The highest BCUT2D eigenvalue weighted by Gasteiger charge is 2.46. The number of carbonyl (C=O) groups excluding carboxylic acids is 3. The van der Waals surface area contributed by atoms with Crippen LogP contribution in [0.3, 0.4) is 0 Å². The van der Waals surface area contributed by atoms with E-state index in [-0.39, 0.29) is 23.2 Å². The smallest absolute Gasteiger partial charge is 0.295 e. The highest BCUT2D eigenvalue weighted by molar-refractivity contribution is 6.46. The number of methoxy groups -OCH3 is 1. The van der Waals surface area contributed by atoms with E-state index >= 15 is 0 Å². The van der Waals surface area contributed by atoms with Crippen molar-refractivity contribution in [2.24, 2.45) is 0 Å². The van der Waals surface area contributed by atoms with Crippen molar-refractivity contribution >= 4 is 23.4 Å². The summed E-state index contributed by atoms with van der Waals surface area (Å²) >= 11 is 0. The van der Waals surface area contributed by atoms with Crippen LogP contribution in [0.5, 0.6) is 5.75 Å². The number of aliphatic hydroxyl groups is 1. The molecule has 1 fully saturated rings. The van der Waals surface area contributed by atoms with Gasteiger partial charge < -0.3 is 24.6 Å². The molecule has 0 unspecified atom stereocenters. The lowest BCUT2D eigenvalue weighted by Crippen LogP contribution is -2.35. The van der Waals surface area contributed by atoms with Crippen molar-refractivity contribution in [3.63, 3.8) is 0 Å². The zero-order valence-corrected chi connectivity index (χ0v) is 15.4. The first-order chi connectivity index (χ1) is 13.8. The van der Waals surface area contributed by atoms with Crippen LogP contribution in [0.2, 0.25) is 0 Å². The summed E-state index contributed by atoms with van der Waals surface area (Å²) in [7, 11) is 1.47. The Bertz CT molecular complexity index is 998. The number of nitrogens with zero attached hydrogens (tertiary/aromatic N) is 1. The lowest BCUT2D eigenvalue weighted by molar-refractivity contribution is -0.305. The van der Waals surface area contributed by atoms with E-state index in [9.17, 15) is 29.0 Å². The van der Waals surface area contributed by atoms with Crippen LogP contribution in [0.15, 0.2) is 54.1 Å². The van der Waals surface area contributed by atoms with Gasteiger partial charge in [-0.3, -0.25) is 9.59 Å². The van der Waals surface area contributed by atoms with Crippen molar-refractivity contribution in [3.05, 3.63) is 71.0 Å². The van der Waals surface area contributed by atoms with Crippen molar-refractivity contribution in [2.75, 3.05) is 13.7 Å². The second-order valence-corrected chi connectivity index (χ2v) is 6.36. The maximum atomic E-state index is 14.5. The van der Waals surface area contributed by atoms with Crippen molar-refractivity contribution in [2.45, 2.75) is 12.5 Å². The van der Waals surface area contributed by atoms with Gasteiger partial charge in [0.15, 0.2) is 0 Å². The van der Waals surface area contributed by atoms with E-state index in [1.807, 2.05) is 0 Å². The van der Waals surface area contributed by atoms with Gasteiger partial charge in [0.25, 0.3) is 11.7 Å². The maximum Gasteiger partial charge on any atom is 0.295 e. The maximum absolute atomic E-state index is 14.5. The molecule has 1 heterocycles. The third-order valence-corrected chi connectivity index (χ3v) is 4.66. The summed E-state index contributed by atoms with van der Waals surface area (Å²) in [6, 6.07) is 10.3. The highest BCUT2D eigenvalue weighted by Crippen LogP contribution is 2.40. The summed E-state index contributed by atoms with van der Waals surface area (Å²) < 4.78 is 19.6. The average Bonchev–Trinajstić information content (AvgIpc) is 2.96. The van der Waals surface area contributed by atoms with Gasteiger partial charge in [-0.25, -0.2) is 4.39 Å². The van der Waals surface area contributed by atoms with E-state index < -0.39 is 41.7 Å². The molecule has 1 saturated heterocycles. The molecule has 1 aliphatic rings. The third-order valence-electron chi connectivity index (χ3n) is 4.66. The fraction of sp³-hybridized carbons (Fsp3) is 0.190. The summed E-state index contributed by atoms with van der Waals surface area (Å²) in [5, 5.41) is 21.6. The molecule has 0 aliphatic carbocycles. The first-order valence-electron chi connectivity index (χ1n) is 8.72. The number of aliphatic hydroxyl groups excluding tert-OH is 1. The Labute approximate surface area is 165 Å². The Morgan fingerprint density at radius 2 is 1.83 bits per heavy atom. The van der Waals surface area contributed by atoms with Gasteiger partial charge in [0, 0.05) is 30.1 Å². The zero-order chi connectivity index (χ0) is 21.1. The summed E-state index contributed by atoms with van der Waals surface area (Å²) in [5.74, 6) is -4.14. The van der Waals surface area contributed by atoms with Gasteiger partial charge in [-0.15, -0.1) is 0 Å². The minimum atomic E-state index is -1.42. The van der Waals surface area contributed by atoms with Gasteiger partial charge >= 0.3 is 0 Å². The number of carboxylic acid groups (broad SMARTS) is 1. The molecular weight excluding hydrogens is 381 g/mol. The molecule has 0 spiro atoms. The SMILES string of the molecule is COc1ccc(C(O)=C2C(=O)C(=O)N(CCC(=O)[O-])[C@H]2c2ccccc2F)cc1. The van der Waals surface area contributed by atoms with E-state index in [1.165, 1.54) is 37.4 Å². The largest absolute Gasteiger partial charge is 0.550 e. The molecule has 29 heavy (non-hydrogen) atoms. The quantitative estimate of drug-likeness (QED) is 0.448. The van der Waals surface area contributed by atoms with Gasteiger partial charge in [-0.05, 0) is 30.3 Å². The molecule has 2 aromatic carbocycles. The molecule has 2 aromatic rings. The number of ether oxygens (including phenoxy) is 1. The summed E-state index contributed by atoms with van der Waals surface area (Å²) in [6.45, 7) is -0.370. The molecule has 0 saturated carbocycles. The monoisotopic (exact) mass is 398 g/mol. The Morgan fingerprint density at radius 3 is 2.41 bits per heavy atom. The summed E-state index contributed by atoms with van der Waals surface area (Å²) in [5.41, 5.74) is -0.117. The molecule has 0 bridgehead atoms. The van der Waals surface area contributed by atoms with E-state index in [0.29, 0.717) is 5.75 Å². The van der Waals surface area contributed by atoms with Gasteiger partial charge in [0.2, 0.25) is 0 Å². The number of Topliss-reactive ketones (excluding diaryl/α,β-unsaturated/α-hetero) is 1. The van der Waals surface area contributed by atoms with Crippen molar-refractivity contribution in [3.8, 4) is 5.75 Å². The molecule has 1 N–H and O–H groups in total.